The maximum absolute atomic E-state index is 4.54. The number of imidazole rings is 1. The van der Waals surface area contributed by atoms with E-state index in [1.54, 1.807) is 0 Å². The minimum Gasteiger partial charge on any atom is -0.340 e. The first-order chi connectivity index (χ1) is 12.7. The molecular formula is C24H19IrN2-. The summed E-state index contributed by atoms with van der Waals surface area (Å²) in [5, 5.41) is 3.49. The molecule has 0 amide bonds. The van der Waals surface area contributed by atoms with Gasteiger partial charge >= 0.3 is 0 Å². The largest absolute Gasteiger partial charge is 0.340 e. The standard InChI is InChI=1S/C24H19N2.Ir/c1-16(2)17-7-9-18(10-8-17)19-11-12-23-22(15-19)20-5-3-4-6-21(20)24-25-13-14-26(23)24;/h3-5,7-16H,1-2H3;/q-1;. The molecule has 2 aromatic heterocycles. The molecule has 0 aliphatic carbocycles. The van der Waals surface area contributed by atoms with Crippen LogP contribution in [0.2, 0.25) is 0 Å². The molecule has 0 N–H and O–H groups in total. The Labute approximate surface area is 172 Å². The molecule has 0 unspecified atom stereocenters. The van der Waals surface area contributed by atoms with Crippen molar-refractivity contribution in [3.63, 3.8) is 0 Å². The summed E-state index contributed by atoms with van der Waals surface area (Å²) >= 11 is 0. The molecule has 2 nitrogen and oxygen atoms in total. The van der Waals surface area contributed by atoms with Gasteiger partial charge in [-0.1, -0.05) is 55.6 Å². The first-order valence-corrected chi connectivity index (χ1v) is 9.02. The van der Waals surface area contributed by atoms with Gasteiger partial charge in [-0.15, -0.1) is 29.7 Å². The Balaban J connectivity index is 0.00000180. The maximum atomic E-state index is 4.54. The van der Waals surface area contributed by atoms with E-state index in [1.807, 2.05) is 24.5 Å². The fraction of sp³-hybridized carbons (Fsp3) is 0.125. The van der Waals surface area contributed by atoms with E-state index < -0.39 is 0 Å². The summed E-state index contributed by atoms with van der Waals surface area (Å²) in [6.45, 7) is 4.45. The van der Waals surface area contributed by atoms with Crippen molar-refractivity contribution in [1.82, 2.24) is 9.38 Å². The molecule has 0 saturated carbocycles. The van der Waals surface area contributed by atoms with Gasteiger partial charge in [-0.2, -0.15) is 0 Å². The Kier molecular flexibility index (Phi) is 4.59. The quantitative estimate of drug-likeness (QED) is 0.197. The van der Waals surface area contributed by atoms with Crippen molar-refractivity contribution in [2.24, 2.45) is 0 Å². The van der Waals surface area contributed by atoms with E-state index in [4.69, 9.17) is 0 Å². The van der Waals surface area contributed by atoms with Crippen LogP contribution < -0.4 is 0 Å². The first kappa shape index (κ1) is 17.9. The maximum Gasteiger partial charge on any atom is 0.0608 e. The second-order valence-electron chi connectivity index (χ2n) is 7.09. The van der Waals surface area contributed by atoms with Crippen LogP contribution in [-0.2, 0) is 20.1 Å². The van der Waals surface area contributed by atoms with Gasteiger partial charge in [0.25, 0.3) is 0 Å². The van der Waals surface area contributed by atoms with Crippen molar-refractivity contribution in [2.75, 3.05) is 0 Å². The molecule has 1 radical (unpaired) electrons. The summed E-state index contributed by atoms with van der Waals surface area (Å²) in [4.78, 5) is 4.54. The number of benzene rings is 3. The summed E-state index contributed by atoms with van der Waals surface area (Å²) in [5.74, 6) is 0.551. The number of hydrogen-bond donors (Lipinski definition) is 0. The van der Waals surface area contributed by atoms with Crippen molar-refractivity contribution in [2.45, 2.75) is 19.8 Å². The van der Waals surface area contributed by atoms with Gasteiger partial charge in [-0.3, -0.25) is 4.98 Å². The van der Waals surface area contributed by atoms with Gasteiger partial charge in [0.15, 0.2) is 0 Å². The predicted molar refractivity (Wildman–Crippen MR) is 109 cm³/mol. The van der Waals surface area contributed by atoms with Gasteiger partial charge < -0.3 is 4.40 Å². The van der Waals surface area contributed by atoms with Crippen LogP contribution >= 0.6 is 0 Å². The first-order valence-electron chi connectivity index (χ1n) is 9.02. The third-order valence-corrected chi connectivity index (χ3v) is 5.18. The van der Waals surface area contributed by atoms with Gasteiger partial charge in [0.1, 0.15) is 0 Å². The molecular weight excluding hydrogens is 508 g/mol. The van der Waals surface area contributed by atoms with Crippen molar-refractivity contribution in [1.29, 1.82) is 0 Å². The monoisotopic (exact) mass is 528 g/mol. The predicted octanol–water partition coefficient (Wildman–Crippen LogP) is 6.23. The number of rotatable bonds is 2. The van der Waals surface area contributed by atoms with E-state index in [0.29, 0.717) is 5.92 Å². The number of fused-ring (bicyclic) bond motifs is 6. The Bertz CT molecular complexity index is 1250. The van der Waals surface area contributed by atoms with E-state index in [-0.39, 0.29) is 20.1 Å². The molecule has 0 atom stereocenters. The molecule has 3 aromatic carbocycles. The minimum atomic E-state index is 0. The summed E-state index contributed by atoms with van der Waals surface area (Å²) in [6, 6.07) is 25.1. The number of nitrogens with zero attached hydrogens (tertiary/aromatic N) is 2. The minimum absolute atomic E-state index is 0. The summed E-state index contributed by atoms with van der Waals surface area (Å²) in [5.41, 5.74) is 5.98. The van der Waals surface area contributed by atoms with Gasteiger partial charge in [-0.25, -0.2) is 0 Å². The Morgan fingerprint density at radius 3 is 2.48 bits per heavy atom. The number of pyridine rings is 1. The van der Waals surface area contributed by atoms with E-state index >= 15 is 0 Å². The average molecular weight is 528 g/mol. The molecule has 0 spiro atoms. The zero-order chi connectivity index (χ0) is 17.7. The van der Waals surface area contributed by atoms with Crippen LogP contribution in [0.3, 0.4) is 0 Å². The van der Waals surface area contributed by atoms with Crippen LogP contribution in [-0.4, -0.2) is 9.38 Å². The van der Waals surface area contributed by atoms with Crippen molar-refractivity contribution in [3.05, 3.63) is 84.7 Å². The van der Waals surface area contributed by atoms with Crippen LogP contribution in [0.25, 0.3) is 38.4 Å². The van der Waals surface area contributed by atoms with Crippen LogP contribution in [0.15, 0.2) is 73.1 Å². The van der Waals surface area contributed by atoms with Crippen LogP contribution in [0.1, 0.15) is 25.3 Å². The molecule has 3 heteroatoms. The van der Waals surface area contributed by atoms with Gasteiger partial charge in [0.05, 0.1) is 5.65 Å². The molecule has 2 heterocycles. The van der Waals surface area contributed by atoms with Gasteiger partial charge in [0.2, 0.25) is 0 Å². The van der Waals surface area contributed by atoms with E-state index in [2.05, 4.69) is 77.8 Å². The number of hydrogen-bond acceptors (Lipinski definition) is 1. The summed E-state index contributed by atoms with van der Waals surface area (Å²) in [7, 11) is 0. The van der Waals surface area contributed by atoms with E-state index in [9.17, 15) is 0 Å². The van der Waals surface area contributed by atoms with E-state index in [1.165, 1.54) is 33.0 Å². The van der Waals surface area contributed by atoms with Crippen molar-refractivity contribution >= 4 is 27.3 Å². The van der Waals surface area contributed by atoms with Gasteiger partial charge in [0, 0.05) is 38.0 Å². The molecule has 0 bridgehead atoms. The molecule has 0 fully saturated rings. The Morgan fingerprint density at radius 2 is 1.70 bits per heavy atom. The van der Waals surface area contributed by atoms with Crippen LogP contribution in [0.5, 0.6) is 0 Å². The molecule has 0 aliphatic heterocycles. The average Bonchev–Trinajstić information content (AvgIpc) is 3.18. The number of aromatic nitrogens is 2. The topological polar surface area (TPSA) is 17.3 Å². The molecule has 135 valence electrons. The Morgan fingerprint density at radius 1 is 0.926 bits per heavy atom. The second kappa shape index (κ2) is 6.92. The zero-order valence-electron chi connectivity index (χ0n) is 15.2. The molecule has 0 aliphatic rings. The van der Waals surface area contributed by atoms with Crippen LogP contribution in [0, 0.1) is 6.07 Å². The second-order valence-corrected chi connectivity index (χ2v) is 7.09. The fourth-order valence-corrected chi connectivity index (χ4v) is 3.73. The summed E-state index contributed by atoms with van der Waals surface area (Å²) in [6.07, 6.45) is 3.88. The molecule has 5 rings (SSSR count). The zero-order valence-corrected chi connectivity index (χ0v) is 17.6. The third-order valence-electron chi connectivity index (χ3n) is 5.18. The fourth-order valence-electron chi connectivity index (χ4n) is 3.73. The van der Waals surface area contributed by atoms with Crippen molar-refractivity contribution in [3.8, 4) is 11.1 Å². The van der Waals surface area contributed by atoms with E-state index in [0.717, 1.165) is 11.0 Å². The molecule has 5 aromatic rings. The van der Waals surface area contributed by atoms with Gasteiger partial charge in [-0.05, 0) is 34.1 Å². The van der Waals surface area contributed by atoms with Crippen molar-refractivity contribution < 1.29 is 20.1 Å². The normalized spacial score (nSPS) is 11.4. The summed E-state index contributed by atoms with van der Waals surface area (Å²) < 4.78 is 2.15. The molecule has 0 saturated heterocycles. The van der Waals surface area contributed by atoms with Crippen LogP contribution in [0.4, 0.5) is 0 Å². The third kappa shape index (κ3) is 2.88. The SMILES string of the molecule is CC(C)c1ccc(-c2ccc3c(c2)c2ccc[c-]c2c2nccn32)cc1.[Ir]. The Hall–Kier alpha value is -2.48. The molecule has 27 heavy (non-hydrogen) atoms. The smallest absolute Gasteiger partial charge is 0.0608 e.